The van der Waals surface area contributed by atoms with Crippen LogP contribution in [0.15, 0.2) is 18.3 Å². The van der Waals surface area contributed by atoms with Gasteiger partial charge in [0.05, 0.1) is 12.1 Å². The molecule has 8 heteroatoms. The maximum atomic E-state index is 12.6. The monoisotopic (exact) mass is 358 g/mol. The summed E-state index contributed by atoms with van der Waals surface area (Å²) < 4.78 is 37.7. The van der Waals surface area contributed by atoms with Crippen LogP contribution in [0, 0.1) is 0 Å². The van der Waals surface area contributed by atoms with E-state index in [4.69, 9.17) is 0 Å². The van der Waals surface area contributed by atoms with E-state index in [0.29, 0.717) is 38.5 Å². The fourth-order valence-electron chi connectivity index (χ4n) is 2.90. The largest absolute Gasteiger partial charge is 0.417 e. The lowest BCUT2D eigenvalue weighted by atomic mass is 10.2. The Morgan fingerprint density at radius 2 is 1.96 bits per heavy atom. The number of nitrogens with one attached hydrogen (secondary N) is 1. The predicted molar refractivity (Wildman–Crippen MR) is 90.4 cm³/mol. The lowest BCUT2D eigenvalue weighted by Gasteiger charge is -2.35. The van der Waals surface area contributed by atoms with Gasteiger partial charge in [0.15, 0.2) is 0 Å². The molecule has 2 rings (SSSR count). The second kappa shape index (κ2) is 8.51. The first-order valence-electron chi connectivity index (χ1n) is 8.59. The van der Waals surface area contributed by atoms with E-state index in [-0.39, 0.29) is 11.9 Å². The molecule has 1 fully saturated rings. The van der Waals surface area contributed by atoms with Crippen LogP contribution >= 0.6 is 0 Å². The highest BCUT2D eigenvalue weighted by Crippen LogP contribution is 2.29. The molecule has 0 aromatic carbocycles. The van der Waals surface area contributed by atoms with E-state index in [2.05, 4.69) is 22.1 Å². The topological polar surface area (TPSA) is 48.5 Å². The van der Waals surface area contributed by atoms with E-state index in [1.54, 1.807) is 0 Å². The van der Waals surface area contributed by atoms with Crippen molar-refractivity contribution in [1.82, 2.24) is 15.2 Å². The van der Waals surface area contributed by atoms with Gasteiger partial charge in [-0.05, 0) is 25.5 Å². The Morgan fingerprint density at radius 1 is 1.28 bits per heavy atom. The second-order valence-corrected chi connectivity index (χ2v) is 6.42. The van der Waals surface area contributed by atoms with Gasteiger partial charge in [-0.15, -0.1) is 0 Å². The van der Waals surface area contributed by atoms with Gasteiger partial charge in [0.2, 0.25) is 5.91 Å². The lowest BCUT2D eigenvalue weighted by Crippen LogP contribution is -2.50. The molecule has 25 heavy (non-hydrogen) atoms. The minimum atomic E-state index is -4.37. The molecule has 1 aromatic rings. The Bertz CT molecular complexity index is 554. The molecular formula is C17H25F3N4O. The number of nitrogens with zero attached hydrogens (tertiary/aromatic N) is 3. The number of hydrogen-bond donors (Lipinski definition) is 1. The van der Waals surface area contributed by atoms with E-state index in [9.17, 15) is 18.0 Å². The molecule has 0 unspecified atom stereocenters. The van der Waals surface area contributed by atoms with Gasteiger partial charge in [-0.2, -0.15) is 13.2 Å². The predicted octanol–water partition coefficient (Wildman–Crippen LogP) is 2.53. The van der Waals surface area contributed by atoms with Gasteiger partial charge in [-0.1, -0.05) is 13.3 Å². The summed E-state index contributed by atoms with van der Waals surface area (Å²) in [6.45, 7) is 7.05. The minimum Gasteiger partial charge on any atom is -0.354 e. The first-order valence-corrected chi connectivity index (χ1v) is 8.59. The molecule has 0 saturated carbocycles. The average Bonchev–Trinajstić information content (AvgIpc) is 2.55. The summed E-state index contributed by atoms with van der Waals surface area (Å²) in [5, 5.41) is 2.98. The molecule has 1 aliphatic heterocycles. The number of rotatable bonds is 6. The van der Waals surface area contributed by atoms with Crippen LogP contribution in [0.2, 0.25) is 0 Å². The molecule has 1 saturated heterocycles. The average molecular weight is 358 g/mol. The van der Waals surface area contributed by atoms with E-state index in [1.807, 2.05) is 11.8 Å². The van der Waals surface area contributed by atoms with Gasteiger partial charge in [-0.25, -0.2) is 4.98 Å². The van der Waals surface area contributed by atoms with Gasteiger partial charge < -0.3 is 10.2 Å². The molecule has 1 aromatic heterocycles. The standard InChI is InChI=1S/C17H25F3N4O/c1-3-4-13(2)22-16(25)12-23-7-9-24(10-8-23)15-6-5-14(11-21-15)17(18,19)20/h5-6,11,13H,3-4,7-10,12H2,1-2H3,(H,22,25)/t13-/m0/s1. The van der Waals surface area contributed by atoms with Crippen LogP contribution in [-0.2, 0) is 11.0 Å². The van der Waals surface area contributed by atoms with Crippen molar-refractivity contribution in [3.8, 4) is 0 Å². The molecular weight excluding hydrogens is 333 g/mol. The Morgan fingerprint density at radius 3 is 2.48 bits per heavy atom. The first-order chi connectivity index (χ1) is 11.8. The molecule has 1 N–H and O–H groups in total. The van der Waals surface area contributed by atoms with Crippen molar-refractivity contribution in [2.24, 2.45) is 0 Å². The number of pyridine rings is 1. The highest BCUT2D eigenvalue weighted by Gasteiger charge is 2.31. The maximum Gasteiger partial charge on any atom is 0.417 e. The number of carbonyl (C=O) groups excluding carboxylic acids is 1. The minimum absolute atomic E-state index is 0.0158. The third-order valence-corrected chi connectivity index (χ3v) is 4.27. The van der Waals surface area contributed by atoms with Gasteiger partial charge in [-0.3, -0.25) is 9.69 Å². The first kappa shape index (κ1) is 19.5. The lowest BCUT2D eigenvalue weighted by molar-refractivity contribution is -0.137. The van der Waals surface area contributed by atoms with Crippen molar-refractivity contribution >= 4 is 11.7 Å². The van der Waals surface area contributed by atoms with Crippen LogP contribution in [0.3, 0.4) is 0 Å². The highest BCUT2D eigenvalue weighted by molar-refractivity contribution is 5.78. The highest BCUT2D eigenvalue weighted by atomic mass is 19.4. The van der Waals surface area contributed by atoms with Crippen molar-refractivity contribution in [3.05, 3.63) is 23.9 Å². The molecule has 1 atom stereocenters. The van der Waals surface area contributed by atoms with Crippen LogP contribution in [0.25, 0.3) is 0 Å². The smallest absolute Gasteiger partial charge is 0.354 e. The summed E-state index contributed by atoms with van der Waals surface area (Å²) in [6, 6.07) is 2.63. The zero-order chi connectivity index (χ0) is 18.4. The summed E-state index contributed by atoms with van der Waals surface area (Å²) in [6.07, 6.45) is -1.52. The van der Waals surface area contributed by atoms with Crippen molar-refractivity contribution < 1.29 is 18.0 Å². The fourth-order valence-corrected chi connectivity index (χ4v) is 2.90. The third-order valence-electron chi connectivity index (χ3n) is 4.27. The summed E-state index contributed by atoms with van der Waals surface area (Å²) in [4.78, 5) is 19.9. The normalized spacial score (nSPS) is 17.4. The molecule has 0 bridgehead atoms. The number of amides is 1. The second-order valence-electron chi connectivity index (χ2n) is 6.42. The zero-order valence-corrected chi connectivity index (χ0v) is 14.6. The summed E-state index contributed by atoms with van der Waals surface area (Å²) >= 11 is 0. The van der Waals surface area contributed by atoms with Crippen LogP contribution in [0.5, 0.6) is 0 Å². The number of piperazine rings is 1. The molecule has 1 aliphatic rings. The number of hydrogen-bond acceptors (Lipinski definition) is 4. The Hall–Kier alpha value is -1.83. The molecule has 0 aliphatic carbocycles. The molecule has 140 valence electrons. The quantitative estimate of drug-likeness (QED) is 0.849. The fraction of sp³-hybridized carbons (Fsp3) is 0.647. The maximum absolute atomic E-state index is 12.6. The van der Waals surface area contributed by atoms with Crippen molar-refractivity contribution in [3.63, 3.8) is 0 Å². The van der Waals surface area contributed by atoms with E-state index in [0.717, 1.165) is 25.1 Å². The molecule has 0 radical (unpaired) electrons. The van der Waals surface area contributed by atoms with Gasteiger partial charge in [0.1, 0.15) is 5.82 Å². The van der Waals surface area contributed by atoms with Gasteiger partial charge in [0.25, 0.3) is 0 Å². The number of carbonyl (C=O) groups is 1. The van der Waals surface area contributed by atoms with Gasteiger partial charge in [0, 0.05) is 38.4 Å². The van der Waals surface area contributed by atoms with Crippen LogP contribution in [-0.4, -0.2) is 54.6 Å². The molecule has 1 amide bonds. The van der Waals surface area contributed by atoms with E-state index >= 15 is 0 Å². The third kappa shape index (κ3) is 5.88. The van der Waals surface area contributed by atoms with Crippen molar-refractivity contribution in [1.29, 1.82) is 0 Å². The van der Waals surface area contributed by atoms with Gasteiger partial charge >= 0.3 is 6.18 Å². The summed E-state index contributed by atoms with van der Waals surface area (Å²) in [5.74, 6) is 0.552. The van der Waals surface area contributed by atoms with E-state index < -0.39 is 11.7 Å². The Balaban J connectivity index is 1.80. The number of alkyl halides is 3. The van der Waals surface area contributed by atoms with Crippen LogP contribution in [0.1, 0.15) is 32.3 Å². The molecule has 2 heterocycles. The summed E-state index contributed by atoms with van der Waals surface area (Å²) in [5.41, 5.74) is -0.743. The molecule has 5 nitrogen and oxygen atoms in total. The Labute approximate surface area is 146 Å². The molecule has 0 spiro atoms. The Kier molecular flexibility index (Phi) is 6.64. The van der Waals surface area contributed by atoms with Crippen LogP contribution in [0.4, 0.5) is 19.0 Å². The van der Waals surface area contributed by atoms with Crippen LogP contribution < -0.4 is 10.2 Å². The summed E-state index contributed by atoms with van der Waals surface area (Å²) in [7, 11) is 0. The zero-order valence-electron chi connectivity index (χ0n) is 14.6. The van der Waals surface area contributed by atoms with Crippen molar-refractivity contribution in [2.75, 3.05) is 37.6 Å². The van der Waals surface area contributed by atoms with E-state index in [1.165, 1.54) is 6.07 Å². The number of halogens is 3. The van der Waals surface area contributed by atoms with Crippen molar-refractivity contribution in [2.45, 2.75) is 38.9 Å². The SMILES string of the molecule is CCC[C@H](C)NC(=O)CN1CCN(c2ccc(C(F)(F)F)cn2)CC1. The number of aromatic nitrogens is 1. The number of anilines is 1.